The summed E-state index contributed by atoms with van der Waals surface area (Å²) >= 11 is 0. The maximum absolute atomic E-state index is 13.3. The van der Waals surface area contributed by atoms with Gasteiger partial charge in [0.15, 0.2) is 0 Å². The average Bonchev–Trinajstić information content (AvgIpc) is 2.29. The van der Waals surface area contributed by atoms with Crippen molar-refractivity contribution in [1.82, 2.24) is 4.90 Å². The van der Waals surface area contributed by atoms with E-state index >= 15 is 0 Å². The minimum absolute atomic E-state index is 0.0365. The molecule has 6 nitrogen and oxygen atoms in total. The normalized spacial score (nSPS) is 10.0. The molecular weight excluding hydrogens is 255 g/mol. The number of halogens is 1. The van der Waals surface area contributed by atoms with E-state index < -0.39 is 36.7 Å². The highest BCUT2D eigenvalue weighted by Gasteiger charge is 2.20. The third-order valence-electron chi connectivity index (χ3n) is 2.38. The van der Waals surface area contributed by atoms with Gasteiger partial charge in [-0.2, -0.15) is 0 Å². The molecule has 0 aliphatic heterocycles. The van der Waals surface area contributed by atoms with Gasteiger partial charge in [-0.05, 0) is 24.6 Å². The summed E-state index contributed by atoms with van der Waals surface area (Å²) in [5, 5.41) is 8.67. The molecule has 3 N–H and O–H groups in total. The summed E-state index contributed by atoms with van der Waals surface area (Å²) in [6.45, 7) is 0.305. The molecular formula is C12H13FN2O4. The van der Waals surface area contributed by atoms with Crippen LogP contribution in [0, 0.1) is 12.7 Å². The molecule has 0 bridgehead atoms. The second-order valence-electron chi connectivity index (χ2n) is 3.99. The highest BCUT2D eigenvalue weighted by Crippen LogP contribution is 2.11. The molecule has 1 aromatic rings. The fourth-order valence-electron chi connectivity index (χ4n) is 1.46. The summed E-state index contributed by atoms with van der Waals surface area (Å²) in [6, 6.07) is 3.75. The van der Waals surface area contributed by atoms with Gasteiger partial charge in [0.25, 0.3) is 5.91 Å². The van der Waals surface area contributed by atoms with Crippen molar-refractivity contribution in [2.45, 2.75) is 6.92 Å². The van der Waals surface area contributed by atoms with E-state index in [1.54, 1.807) is 0 Å². The Balaban J connectivity index is 3.00. The Bertz CT molecular complexity index is 514. The monoisotopic (exact) mass is 268 g/mol. The van der Waals surface area contributed by atoms with Gasteiger partial charge in [-0.25, -0.2) is 4.39 Å². The van der Waals surface area contributed by atoms with E-state index in [2.05, 4.69) is 0 Å². The number of amides is 2. The number of aliphatic carboxylic acids is 1. The first-order valence-electron chi connectivity index (χ1n) is 5.36. The maximum Gasteiger partial charge on any atom is 0.323 e. The van der Waals surface area contributed by atoms with Crippen LogP contribution >= 0.6 is 0 Å². The molecule has 0 radical (unpaired) electrons. The molecule has 0 atom stereocenters. The second-order valence-corrected chi connectivity index (χ2v) is 3.99. The molecule has 0 aliphatic carbocycles. The number of primary amides is 1. The molecule has 0 aliphatic rings. The minimum Gasteiger partial charge on any atom is -0.480 e. The topological polar surface area (TPSA) is 101 Å². The van der Waals surface area contributed by atoms with Crippen molar-refractivity contribution in [2.75, 3.05) is 13.1 Å². The number of carboxylic acids is 1. The zero-order chi connectivity index (χ0) is 14.6. The summed E-state index contributed by atoms with van der Waals surface area (Å²) in [5.74, 6) is -3.48. The first kappa shape index (κ1) is 14.6. The smallest absolute Gasteiger partial charge is 0.323 e. The van der Waals surface area contributed by atoms with Crippen molar-refractivity contribution in [3.05, 3.63) is 35.1 Å². The van der Waals surface area contributed by atoms with Crippen molar-refractivity contribution in [2.24, 2.45) is 5.73 Å². The lowest BCUT2D eigenvalue weighted by Gasteiger charge is -2.19. The molecule has 19 heavy (non-hydrogen) atoms. The molecule has 0 unspecified atom stereocenters. The van der Waals surface area contributed by atoms with E-state index in [9.17, 15) is 18.8 Å². The van der Waals surface area contributed by atoms with Gasteiger partial charge in [0.1, 0.15) is 18.9 Å². The highest BCUT2D eigenvalue weighted by molar-refractivity contribution is 5.98. The first-order chi connectivity index (χ1) is 8.81. The van der Waals surface area contributed by atoms with Gasteiger partial charge in [0.05, 0.1) is 0 Å². The van der Waals surface area contributed by atoms with Gasteiger partial charge in [-0.1, -0.05) is 6.07 Å². The molecule has 7 heteroatoms. The van der Waals surface area contributed by atoms with Crippen molar-refractivity contribution >= 4 is 17.8 Å². The summed E-state index contributed by atoms with van der Waals surface area (Å²) in [5.41, 5.74) is 5.26. The van der Waals surface area contributed by atoms with Gasteiger partial charge in [-0.15, -0.1) is 0 Å². The van der Waals surface area contributed by atoms with E-state index in [0.29, 0.717) is 5.56 Å². The third-order valence-corrected chi connectivity index (χ3v) is 2.38. The van der Waals surface area contributed by atoms with E-state index in [4.69, 9.17) is 10.8 Å². The molecule has 1 rings (SSSR count). The van der Waals surface area contributed by atoms with Crippen molar-refractivity contribution in [3.63, 3.8) is 0 Å². The number of hydrogen-bond acceptors (Lipinski definition) is 3. The Morgan fingerprint density at radius 2 is 1.95 bits per heavy atom. The lowest BCUT2D eigenvalue weighted by molar-refractivity contribution is -0.138. The summed E-state index contributed by atoms with van der Waals surface area (Å²) in [7, 11) is 0. The number of aryl methyl sites for hydroxylation is 1. The Labute approximate surface area is 108 Å². The van der Waals surface area contributed by atoms with Crippen molar-refractivity contribution in [1.29, 1.82) is 0 Å². The SMILES string of the molecule is Cc1ccc(C(=O)N(CC(N)=O)CC(=O)O)cc1F. The number of hydrogen-bond donors (Lipinski definition) is 2. The zero-order valence-corrected chi connectivity index (χ0v) is 10.2. The second kappa shape index (κ2) is 5.94. The molecule has 2 amide bonds. The van der Waals surface area contributed by atoms with Crippen LogP contribution in [0.4, 0.5) is 4.39 Å². The lowest BCUT2D eigenvalue weighted by Crippen LogP contribution is -2.41. The fraction of sp³-hybridized carbons (Fsp3) is 0.250. The number of carboxylic acid groups (broad SMARTS) is 1. The van der Waals surface area contributed by atoms with Gasteiger partial charge in [0.2, 0.25) is 5.91 Å². The zero-order valence-electron chi connectivity index (χ0n) is 10.2. The lowest BCUT2D eigenvalue weighted by atomic mass is 10.1. The van der Waals surface area contributed by atoms with E-state index in [0.717, 1.165) is 11.0 Å². The van der Waals surface area contributed by atoms with Crippen LogP contribution in [0.5, 0.6) is 0 Å². The molecule has 0 saturated heterocycles. The predicted molar refractivity (Wildman–Crippen MR) is 63.9 cm³/mol. The number of carbonyl (C=O) groups is 3. The number of nitrogens with zero attached hydrogens (tertiary/aromatic N) is 1. The Hall–Kier alpha value is -2.44. The quantitative estimate of drug-likeness (QED) is 0.793. The molecule has 0 spiro atoms. The maximum atomic E-state index is 13.3. The standard InChI is InChI=1S/C12H13FN2O4/c1-7-2-3-8(4-9(7)13)12(19)15(5-10(14)16)6-11(17)18/h2-4H,5-6H2,1H3,(H2,14,16)(H,17,18). The van der Waals surface area contributed by atoms with Crippen molar-refractivity contribution < 1.29 is 23.9 Å². The highest BCUT2D eigenvalue weighted by atomic mass is 19.1. The number of benzene rings is 1. The van der Waals surface area contributed by atoms with Gasteiger partial charge >= 0.3 is 5.97 Å². The van der Waals surface area contributed by atoms with E-state index in [1.165, 1.54) is 19.1 Å². The van der Waals surface area contributed by atoms with Crippen LogP contribution < -0.4 is 5.73 Å². The number of carbonyl (C=O) groups excluding carboxylic acids is 2. The summed E-state index contributed by atoms with van der Waals surface area (Å²) in [6.07, 6.45) is 0. The predicted octanol–water partition coefficient (Wildman–Crippen LogP) is 0.146. The molecule has 0 fully saturated rings. The van der Waals surface area contributed by atoms with Crippen LogP contribution in [0.3, 0.4) is 0 Å². The van der Waals surface area contributed by atoms with Gasteiger partial charge < -0.3 is 15.7 Å². The Morgan fingerprint density at radius 3 is 2.42 bits per heavy atom. The first-order valence-corrected chi connectivity index (χ1v) is 5.36. The van der Waals surface area contributed by atoms with Crippen LogP contribution in [0.25, 0.3) is 0 Å². The Kier molecular flexibility index (Phi) is 4.57. The third kappa shape index (κ3) is 4.06. The minimum atomic E-state index is -1.29. The molecule has 102 valence electrons. The fourth-order valence-corrected chi connectivity index (χ4v) is 1.46. The van der Waals surface area contributed by atoms with E-state index in [-0.39, 0.29) is 5.56 Å². The van der Waals surface area contributed by atoms with Gasteiger partial charge in [-0.3, -0.25) is 14.4 Å². The van der Waals surface area contributed by atoms with Crippen LogP contribution in [0.2, 0.25) is 0 Å². The summed E-state index contributed by atoms with van der Waals surface area (Å²) < 4.78 is 13.3. The van der Waals surface area contributed by atoms with Crippen molar-refractivity contribution in [3.8, 4) is 0 Å². The number of nitrogens with two attached hydrogens (primary N) is 1. The van der Waals surface area contributed by atoms with Crippen LogP contribution in [0.15, 0.2) is 18.2 Å². The average molecular weight is 268 g/mol. The molecule has 0 aromatic heterocycles. The largest absolute Gasteiger partial charge is 0.480 e. The molecule has 0 heterocycles. The van der Waals surface area contributed by atoms with Gasteiger partial charge in [0, 0.05) is 5.56 Å². The van der Waals surface area contributed by atoms with Crippen LogP contribution in [0.1, 0.15) is 15.9 Å². The van der Waals surface area contributed by atoms with Crippen LogP contribution in [-0.4, -0.2) is 40.9 Å². The summed E-state index contributed by atoms with van der Waals surface area (Å²) in [4.78, 5) is 34.1. The molecule has 1 aromatic carbocycles. The number of rotatable bonds is 5. The van der Waals surface area contributed by atoms with Crippen LogP contribution in [-0.2, 0) is 9.59 Å². The molecule has 0 saturated carbocycles. The Morgan fingerprint density at radius 1 is 1.32 bits per heavy atom. The van der Waals surface area contributed by atoms with E-state index in [1.807, 2.05) is 0 Å².